The molecule has 0 aromatic heterocycles. The third-order valence-corrected chi connectivity index (χ3v) is 2.57. The van der Waals surface area contributed by atoms with Gasteiger partial charge in [-0.05, 0) is 0 Å². The fourth-order valence-electron chi connectivity index (χ4n) is 1.80. The van der Waals surface area contributed by atoms with Crippen LogP contribution in [-0.4, -0.2) is 0 Å². The standard InChI is InChI=1S/C9H2N10/c10-1-4-5(2-11)7-9-8(6(4)3-12)14-16-18-19(9)17-15-13-7/h(H,13,17)(H,14,18). The predicted octanol–water partition coefficient (Wildman–Crippen LogP) is 1.14. The van der Waals surface area contributed by atoms with E-state index >= 15 is 0 Å². The first-order chi connectivity index (χ1) is 9.31. The SMILES string of the molecule is N#Cc1c(C#N)c2c3c(c1C#N)N=NNN3NN=N2. The summed E-state index contributed by atoms with van der Waals surface area (Å²) in [6, 6.07) is 5.55. The van der Waals surface area contributed by atoms with Crippen molar-refractivity contribution in [1.29, 1.82) is 15.8 Å². The maximum Gasteiger partial charge on any atom is 0.142 e. The van der Waals surface area contributed by atoms with Crippen molar-refractivity contribution in [2.45, 2.75) is 0 Å². The van der Waals surface area contributed by atoms with E-state index in [0.29, 0.717) is 5.69 Å². The van der Waals surface area contributed by atoms with Crippen LogP contribution in [0.15, 0.2) is 20.7 Å². The smallest absolute Gasteiger partial charge is 0.142 e. The van der Waals surface area contributed by atoms with Crippen molar-refractivity contribution in [3.05, 3.63) is 16.7 Å². The monoisotopic (exact) mass is 250 g/mol. The molecule has 2 aliphatic rings. The van der Waals surface area contributed by atoms with Crippen LogP contribution in [0.5, 0.6) is 0 Å². The van der Waals surface area contributed by atoms with Gasteiger partial charge in [-0.25, -0.2) is 0 Å². The molecule has 0 amide bonds. The first kappa shape index (κ1) is 10.4. The zero-order valence-corrected chi connectivity index (χ0v) is 9.08. The van der Waals surface area contributed by atoms with Gasteiger partial charge < -0.3 is 0 Å². The van der Waals surface area contributed by atoms with E-state index in [1.54, 1.807) is 0 Å². The number of anilines is 1. The van der Waals surface area contributed by atoms with Gasteiger partial charge in [0.25, 0.3) is 0 Å². The summed E-state index contributed by atoms with van der Waals surface area (Å²) in [6.07, 6.45) is 0. The molecule has 2 N–H and O–H groups in total. The Balaban J connectivity index is 2.52. The van der Waals surface area contributed by atoms with Crippen LogP contribution >= 0.6 is 0 Å². The minimum atomic E-state index is -0.0830. The molecule has 88 valence electrons. The quantitative estimate of drug-likeness (QED) is 0.705. The Kier molecular flexibility index (Phi) is 2.01. The second-order valence-corrected chi connectivity index (χ2v) is 3.44. The molecule has 0 spiro atoms. The number of hydrogen-bond donors (Lipinski definition) is 2. The molecule has 0 radical (unpaired) electrons. The van der Waals surface area contributed by atoms with E-state index in [1.807, 2.05) is 18.2 Å². The van der Waals surface area contributed by atoms with E-state index in [1.165, 1.54) is 5.12 Å². The highest BCUT2D eigenvalue weighted by Gasteiger charge is 2.32. The van der Waals surface area contributed by atoms with E-state index in [-0.39, 0.29) is 28.1 Å². The lowest BCUT2D eigenvalue weighted by atomic mass is 9.97. The fraction of sp³-hybridized carbons (Fsp3) is 0. The Morgan fingerprint density at radius 2 is 1.26 bits per heavy atom. The van der Waals surface area contributed by atoms with Crippen molar-refractivity contribution in [2.24, 2.45) is 20.7 Å². The summed E-state index contributed by atoms with van der Waals surface area (Å²) in [5.74, 6) is 0. The third kappa shape index (κ3) is 1.21. The Morgan fingerprint density at radius 3 is 1.68 bits per heavy atom. The minimum absolute atomic E-state index is 0.0213. The predicted molar refractivity (Wildman–Crippen MR) is 58.4 cm³/mol. The Hall–Kier alpha value is -3.71. The summed E-state index contributed by atoms with van der Waals surface area (Å²) in [7, 11) is 0. The van der Waals surface area contributed by atoms with Gasteiger partial charge in [-0.2, -0.15) is 32.0 Å². The molecule has 1 aromatic rings. The molecule has 1 aromatic carbocycles. The van der Waals surface area contributed by atoms with Crippen LogP contribution in [0.3, 0.4) is 0 Å². The molecule has 2 aliphatic heterocycles. The van der Waals surface area contributed by atoms with Crippen molar-refractivity contribution in [2.75, 3.05) is 5.12 Å². The van der Waals surface area contributed by atoms with Gasteiger partial charge >= 0.3 is 0 Å². The van der Waals surface area contributed by atoms with Crippen LogP contribution in [0.1, 0.15) is 16.7 Å². The number of nitrogens with one attached hydrogen (secondary N) is 2. The van der Waals surface area contributed by atoms with Gasteiger partial charge in [0.05, 0.1) is 5.56 Å². The normalized spacial score (nSPS) is 13.4. The number of nitrogens with zero attached hydrogens (tertiary/aromatic N) is 8. The average molecular weight is 250 g/mol. The maximum atomic E-state index is 9.17. The van der Waals surface area contributed by atoms with Crippen molar-refractivity contribution in [1.82, 2.24) is 11.1 Å². The second-order valence-electron chi connectivity index (χ2n) is 3.44. The van der Waals surface area contributed by atoms with Gasteiger partial charge in [0.2, 0.25) is 0 Å². The zero-order chi connectivity index (χ0) is 13.4. The molecule has 0 saturated carbocycles. The number of benzene rings is 1. The molecule has 2 heterocycles. The topological polar surface area (TPSA) is 148 Å². The lowest BCUT2D eigenvalue weighted by Crippen LogP contribution is -2.45. The largest absolute Gasteiger partial charge is 0.192 e. The Labute approximate surface area is 105 Å². The van der Waals surface area contributed by atoms with Gasteiger partial charge in [0.15, 0.2) is 0 Å². The van der Waals surface area contributed by atoms with Gasteiger partial charge in [-0.3, -0.25) is 0 Å². The van der Waals surface area contributed by atoms with E-state index in [4.69, 9.17) is 15.8 Å². The van der Waals surface area contributed by atoms with Crippen molar-refractivity contribution in [3.8, 4) is 18.2 Å². The summed E-state index contributed by atoms with van der Waals surface area (Å²) in [5.41, 5.74) is 5.50. The molecule has 0 bridgehead atoms. The molecule has 0 aliphatic carbocycles. The van der Waals surface area contributed by atoms with Gasteiger partial charge in [0, 0.05) is 0 Å². The van der Waals surface area contributed by atoms with Gasteiger partial charge in [-0.15, -0.1) is 10.2 Å². The van der Waals surface area contributed by atoms with Crippen LogP contribution in [0.4, 0.5) is 17.1 Å². The van der Waals surface area contributed by atoms with Crippen LogP contribution in [-0.2, 0) is 0 Å². The number of nitriles is 3. The molecule has 10 nitrogen and oxygen atoms in total. The van der Waals surface area contributed by atoms with Crippen molar-refractivity contribution < 1.29 is 0 Å². The summed E-state index contributed by atoms with van der Waals surface area (Å²) < 4.78 is 0. The van der Waals surface area contributed by atoms with Gasteiger partial charge in [0.1, 0.15) is 46.4 Å². The highest BCUT2D eigenvalue weighted by molar-refractivity contribution is 5.90. The summed E-state index contributed by atoms with van der Waals surface area (Å²) in [5, 5.41) is 43.5. The van der Waals surface area contributed by atoms with Crippen LogP contribution in [0, 0.1) is 34.0 Å². The first-order valence-electron chi connectivity index (χ1n) is 4.89. The summed E-state index contributed by atoms with van der Waals surface area (Å²) in [6.45, 7) is 0. The number of hydrazine groups is 2. The fourth-order valence-corrected chi connectivity index (χ4v) is 1.80. The Morgan fingerprint density at radius 1 is 0.789 bits per heavy atom. The molecule has 3 rings (SSSR count). The van der Waals surface area contributed by atoms with Crippen LogP contribution < -0.4 is 16.2 Å². The average Bonchev–Trinajstić information content (AvgIpc) is 2.47. The number of rotatable bonds is 0. The van der Waals surface area contributed by atoms with Crippen LogP contribution in [0.2, 0.25) is 0 Å². The summed E-state index contributed by atoms with van der Waals surface area (Å²) >= 11 is 0. The van der Waals surface area contributed by atoms with Gasteiger partial charge in [-0.1, -0.05) is 10.4 Å². The lowest BCUT2D eigenvalue weighted by molar-refractivity contribution is 0.503. The minimum Gasteiger partial charge on any atom is -0.192 e. The molecule has 19 heavy (non-hydrogen) atoms. The zero-order valence-electron chi connectivity index (χ0n) is 9.08. The second kappa shape index (κ2) is 3.65. The molecule has 0 unspecified atom stereocenters. The third-order valence-electron chi connectivity index (χ3n) is 2.57. The Bertz CT molecular complexity index is 713. The number of hydrogen-bond acceptors (Lipinski definition) is 10. The molecular formula is C9H2N10. The summed E-state index contributed by atoms with van der Waals surface area (Å²) in [4.78, 5) is 0. The van der Waals surface area contributed by atoms with E-state index in [2.05, 4.69) is 31.7 Å². The van der Waals surface area contributed by atoms with E-state index in [0.717, 1.165) is 0 Å². The first-order valence-corrected chi connectivity index (χ1v) is 4.89. The molecule has 0 saturated heterocycles. The maximum absolute atomic E-state index is 9.17. The van der Waals surface area contributed by atoms with Crippen molar-refractivity contribution >= 4 is 17.1 Å². The molecule has 0 atom stereocenters. The van der Waals surface area contributed by atoms with Crippen LogP contribution in [0.25, 0.3) is 0 Å². The lowest BCUT2D eigenvalue weighted by Gasteiger charge is -2.29. The molecular weight excluding hydrogens is 248 g/mol. The molecule has 0 fully saturated rings. The molecule has 10 heteroatoms. The van der Waals surface area contributed by atoms with E-state index < -0.39 is 0 Å². The van der Waals surface area contributed by atoms with Crippen molar-refractivity contribution in [3.63, 3.8) is 0 Å². The highest BCUT2D eigenvalue weighted by Crippen LogP contribution is 2.46. The highest BCUT2D eigenvalue weighted by atomic mass is 15.9. The van der Waals surface area contributed by atoms with E-state index in [9.17, 15) is 0 Å².